The highest BCUT2D eigenvalue weighted by Crippen LogP contribution is 2.33. The highest BCUT2D eigenvalue weighted by molar-refractivity contribution is 5.97. The molecule has 2 amide bonds. The number of aromatic nitrogens is 1. The average molecular weight is 331 g/mol. The summed E-state index contributed by atoms with van der Waals surface area (Å²) in [5.74, 6) is 1.28. The lowest BCUT2D eigenvalue weighted by Crippen LogP contribution is -2.61. The minimum Gasteiger partial charge on any atom is -0.359 e. The quantitative estimate of drug-likeness (QED) is 0.853. The van der Waals surface area contributed by atoms with Crippen LogP contribution in [-0.2, 0) is 16.1 Å². The lowest BCUT2D eigenvalue weighted by Gasteiger charge is -2.40. The van der Waals surface area contributed by atoms with Gasteiger partial charge in [-0.25, -0.2) is 0 Å². The number of nitrogens with zero attached hydrogens (tertiary/aromatic N) is 3. The molecule has 2 aliphatic heterocycles. The van der Waals surface area contributed by atoms with Crippen molar-refractivity contribution in [2.75, 3.05) is 6.54 Å². The van der Waals surface area contributed by atoms with Gasteiger partial charge in [0, 0.05) is 18.5 Å². The third-order valence-electron chi connectivity index (χ3n) is 5.86. The van der Waals surface area contributed by atoms with E-state index >= 15 is 0 Å². The Morgan fingerprint density at radius 1 is 1.12 bits per heavy atom. The molecular formula is C18H25N3O3. The Labute approximate surface area is 142 Å². The summed E-state index contributed by atoms with van der Waals surface area (Å²) < 4.78 is 5.50. The summed E-state index contributed by atoms with van der Waals surface area (Å²) in [6, 6.07) is 1.30. The van der Waals surface area contributed by atoms with Crippen LogP contribution in [-0.4, -0.2) is 45.4 Å². The minimum absolute atomic E-state index is 0.0511. The number of fused-ring (bicyclic) bond motifs is 1. The third-order valence-corrected chi connectivity index (χ3v) is 5.86. The molecule has 4 rings (SSSR count). The fourth-order valence-electron chi connectivity index (χ4n) is 4.42. The van der Waals surface area contributed by atoms with Gasteiger partial charge < -0.3 is 14.3 Å². The maximum absolute atomic E-state index is 12.7. The summed E-state index contributed by atoms with van der Waals surface area (Å²) in [7, 11) is 0. The Kier molecular flexibility index (Phi) is 4.06. The Morgan fingerprint density at radius 2 is 1.92 bits per heavy atom. The zero-order chi connectivity index (χ0) is 16.7. The molecule has 1 aliphatic carbocycles. The molecule has 3 heterocycles. The molecule has 0 N–H and O–H groups in total. The lowest BCUT2D eigenvalue weighted by atomic mass is 9.87. The zero-order valence-electron chi connectivity index (χ0n) is 14.2. The van der Waals surface area contributed by atoms with E-state index in [1.54, 1.807) is 9.80 Å². The molecule has 1 saturated carbocycles. The largest absolute Gasteiger partial charge is 0.359 e. The molecule has 0 radical (unpaired) electrons. The SMILES string of the molecule is C[C@H]1C(=O)N2CCC[C@H]2C(=O)N1Cc1cc(C2CCCCC2)no1. The van der Waals surface area contributed by atoms with Crippen LogP contribution in [0.4, 0.5) is 0 Å². The van der Waals surface area contributed by atoms with Crippen LogP contribution in [0.1, 0.15) is 69.2 Å². The highest BCUT2D eigenvalue weighted by Gasteiger charge is 2.46. The monoisotopic (exact) mass is 331 g/mol. The maximum Gasteiger partial charge on any atom is 0.246 e. The first-order valence-electron chi connectivity index (χ1n) is 9.21. The van der Waals surface area contributed by atoms with Gasteiger partial charge in [-0.15, -0.1) is 0 Å². The molecule has 1 aromatic heterocycles. The fourth-order valence-corrected chi connectivity index (χ4v) is 4.42. The van der Waals surface area contributed by atoms with Gasteiger partial charge in [0.2, 0.25) is 11.8 Å². The molecule has 0 aromatic carbocycles. The Hall–Kier alpha value is -1.85. The van der Waals surface area contributed by atoms with Crippen LogP contribution in [0.3, 0.4) is 0 Å². The number of hydrogen-bond donors (Lipinski definition) is 0. The first kappa shape index (κ1) is 15.7. The Bertz CT molecular complexity index is 635. The summed E-state index contributed by atoms with van der Waals surface area (Å²) in [4.78, 5) is 28.7. The van der Waals surface area contributed by atoms with Gasteiger partial charge in [0.15, 0.2) is 5.76 Å². The smallest absolute Gasteiger partial charge is 0.246 e. The van der Waals surface area contributed by atoms with Gasteiger partial charge in [0.1, 0.15) is 12.1 Å². The number of amides is 2. The van der Waals surface area contributed by atoms with Gasteiger partial charge in [-0.2, -0.15) is 0 Å². The van der Waals surface area contributed by atoms with Crippen molar-refractivity contribution >= 4 is 11.8 Å². The second-order valence-electron chi connectivity index (χ2n) is 7.38. The number of carbonyl (C=O) groups excluding carboxylic acids is 2. The molecular weight excluding hydrogens is 306 g/mol. The van der Waals surface area contributed by atoms with E-state index in [4.69, 9.17) is 4.52 Å². The van der Waals surface area contributed by atoms with Gasteiger partial charge in [-0.3, -0.25) is 9.59 Å². The van der Waals surface area contributed by atoms with E-state index in [1.165, 1.54) is 32.1 Å². The molecule has 6 heteroatoms. The maximum atomic E-state index is 12.7. The van der Waals surface area contributed by atoms with Crippen molar-refractivity contribution in [2.24, 2.45) is 0 Å². The Morgan fingerprint density at radius 3 is 2.71 bits per heavy atom. The fraction of sp³-hybridized carbons (Fsp3) is 0.722. The minimum atomic E-state index is -0.421. The summed E-state index contributed by atoms with van der Waals surface area (Å²) in [5, 5.41) is 4.23. The van der Waals surface area contributed by atoms with Crippen molar-refractivity contribution in [3.63, 3.8) is 0 Å². The summed E-state index contributed by atoms with van der Waals surface area (Å²) in [6.07, 6.45) is 7.83. The van der Waals surface area contributed by atoms with Crippen molar-refractivity contribution in [3.8, 4) is 0 Å². The van der Waals surface area contributed by atoms with E-state index < -0.39 is 6.04 Å². The zero-order valence-corrected chi connectivity index (χ0v) is 14.2. The van der Waals surface area contributed by atoms with Crippen LogP contribution in [0.5, 0.6) is 0 Å². The van der Waals surface area contributed by atoms with Crippen molar-refractivity contribution in [1.82, 2.24) is 15.0 Å². The van der Waals surface area contributed by atoms with Crippen LogP contribution in [0.2, 0.25) is 0 Å². The van der Waals surface area contributed by atoms with Gasteiger partial charge in [-0.05, 0) is 32.6 Å². The molecule has 1 aromatic rings. The van der Waals surface area contributed by atoms with Crippen LogP contribution in [0.15, 0.2) is 10.6 Å². The first-order valence-corrected chi connectivity index (χ1v) is 9.21. The van der Waals surface area contributed by atoms with E-state index in [0.717, 1.165) is 18.5 Å². The van der Waals surface area contributed by atoms with Gasteiger partial charge in [0.25, 0.3) is 0 Å². The van der Waals surface area contributed by atoms with Crippen LogP contribution in [0.25, 0.3) is 0 Å². The molecule has 3 fully saturated rings. The highest BCUT2D eigenvalue weighted by atomic mass is 16.5. The van der Waals surface area contributed by atoms with E-state index in [-0.39, 0.29) is 17.9 Å². The van der Waals surface area contributed by atoms with Crippen molar-refractivity contribution in [3.05, 3.63) is 17.5 Å². The first-order chi connectivity index (χ1) is 11.6. The number of hydrogen-bond acceptors (Lipinski definition) is 4. The summed E-state index contributed by atoms with van der Waals surface area (Å²) >= 11 is 0. The van der Waals surface area contributed by atoms with Crippen LogP contribution >= 0.6 is 0 Å². The molecule has 2 atom stereocenters. The standard InChI is InChI=1S/C18H25N3O3/c1-12-17(22)20-9-5-8-16(20)18(23)21(12)11-14-10-15(19-24-14)13-6-3-2-4-7-13/h10,12-13,16H,2-9,11H2,1H3/t12-,16-/m0/s1. The second kappa shape index (κ2) is 6.22. The molecule has 3 aliphatic rings. The van der Waals surface area contributed by atoms with Gasteiger partial charge >= 0.3 is 0 Å². The van der Waals surface area contributed by atoms with Gasteiger partial charge in [0.05, 0.1) is 12.2 Å². The van der Waals surface area contributed by atoms with Crippen molar-refractivity contribution in [1.29, 1.82) is 0 Å². The number of rotatable bonds is 3. The van der Waals surface area contributed by atoms with E-state index in [9.17, 15) is 9.59 Å². The molecule has 0 bridgehead atoms. The third kappa shape index (κ3) is 2.62. The number of carbonyl (C=O) groups is 2. The van der Waals surface area contributed by atoms with Gasteiger partial charge in [-0.1, -0.05) is 24.4 Å². The van der Waals surface area contributed by atoms with Crippen LogP contribution in [0, 0.1) is 0 Å². The summed E-state index contributed by atoms with van der Waals surface area (Å²) in [5.41, 5.74) is 1.01. The van der Waals surface area contributed by atoms with Crippen LogP contribution < -0.4 is 0 Å². The Balaban J connectivity index is 1.49. The molecule has 0 unspecified atom stereocenters. The summed E-state index contributed by atoms with van der Waals surface area (Å²) in [6.45, 7) is 2.87. The van der Waals surface area contributed by atoms with Crippen molar-refractivity contribution in [2.45, 2.75) is 76.4 Å². The molecule has 6 nitrogen and oxygen atoms in total. The van der Waals surface area contributed by atoms with Crippen molar-refractivity contribution < 1.29 is 14.1 Å². The average Bonchev–Trinajstić information content (AvgIpc) is 3.27. The molecule has 130 valence electrons. The number of piperazine rings is 1. The molecule has 24 heavy (non-hydrogen) atoms. The second-order valence-corrected chi connectivity index (χ2v) is 7.38. The van der Waals surface area contributed by atoms with E-state index in [1.807, 2.05) is 13.0 Å². The van der Waals surface area contributed by atoms with E-state index in [0.29, 0.717) is 24.8 Å². The topological polar surface area (TPSA) is 66.7 Å². The predicted molar refractivity (Wildman–Crippen MR) is 87.1 cm³/mol. The lowest BCUT2D eigenvalue weighted by molar-refractivity contribution is -0.159. The predicted octanol–water partition coefficient (Wildman–Crippen LogP) is 2.44. The molecule has 0 spiro atoms. The van der Waals surface area contributed by atoms with E-state index in [2.05, 4.69) is 5.16 Å². The molecule has 2 saturated heterocycles. The normalized spacial score (nSPS) is 28.5.